The second kappa shape index (κ2) is 7.15. The number of hydrogen-bond acceptors (Lipinski definition) is 0. The fraction of sp³-hybridized carbons (Fsp3) is 0.583. The first-order valence-corrected chi connectivity index (χ1v) is 4.76. The van der Waals surface area contributed by atoms with Crippen LogP contribution in [0.4, 0.5) is 0 Å². The van der Waals surface area contributed by atoms with Crippen LogP contribution in [0.1, 0.15) is 40.5 Å². The summed E-state index contributed by atoms with van der Waals surface area (Å²) in [7, 11) is 0. The van der Waals surface area contributed by atoms with Crippen molar-refractivity contribution in [2.75, 3.05) is 0 Å². The van der Waals surface area contributed by atoms with Crippen LogP contribution in [0, 0.1) is 11.8 Å². The normalized spacial score (nSPS) is 15.1. The minimum Gasteiger partial charge on any atom is -0.0916 e. The molecule has 0 aromatic rings. The zero-order chi connectivity index (χ0) is 9.40. The van der Waals surface area contributed by atoms with Gasteiger partial charge in [-0.3, -0.25) is 0 Å². The third kappa shape index (κ3) is 6.21. The average molecular weight is 165 g/mol. The molecule has 0 N–H and O–H groups in total. The second-order valence-electron chi connectivity index (χ2n) is 3.44. The van der Waals surface area contributed by atoms with Crippen molar-refractivity contribution in [2.24, 2.45) is 5.92 Å². The van der Waals surface area contributed by atoms with Gasteiger partial charge in [0.05, 0.1) is 0 Å². The molecule has 0 aliphatic heterocycles. The van der Waals surface area contributed by atoms with Gasteiger partial charge in [-0.1, -0.05) is 38.2 Å². The molecule has 0 aromatic heterocycles. The van der Waals surface area contributed by atoms with Gasteiger partial charge >= 0.3 is 0 Å². The van der Waals surface area contributed by atoms with Gasteiger partial charge in [0.15, 0.2) is 0 Å². The standard InChI is InChI=1S/C12H21/c1-5-7-9-12(4)10-11(3)8-6-2/h5-8,11H,9-10H2,1-4H3. The van der Waals surface area contributed by atoms with Crippen molar-refractivity contribution in [2.45, 2.75) is 40.5 Å². The molecule has 0 heterocycles. The van der Waals surface area contributed by atoms with Gasteiger partial charge in [0, 0.05) is 0 Å². The maximum Gasteiger partial charge on any atom is -0.0229 e. The highest BCUT2D eigenvalue weighted by Gasteiger charge is 2.04. The molecule has 12 heavy (non-hydrogen) atoms. The summed E-state index contributed by atoms with van der Waals surface area (Å²) in [6.45, 7) is 8.65. The SMILES string of the molecule is CC=CC[C](C)CC(C)C=CC. The predicted molar refractivity (Wildman–Crippen MR) is 56.9 cm³/mol. The molecule has 0 aliphatic rings. The lowest BCUT2D eigenvalue weighted by atomic mass is 9.94. The third-order valence-corrected chi connectivity index (χ3v) is 1.89. The Hall–Kier alpha value is -0.520. The average Bonchev–Trinajstić information content (AvgIpc) is 2.01. The highest BCUT2D eigenvalue weighted by Crippen LogP contribution is 2.18. The van der Waals surface area contributed by atoms with Crippen molar-refractivity contribution in [1.29, 1.82) is 0 Å². The van der Waals surface area contributed by atoms with Gasteiger partial charge in [-0.15, -0.1) is 0 Å². The summed E-state index contributed by atoms with van der Waals surface area (Å²) in [5.74, 6) is 2.26. The molecule has 1 radical (unpaired) electrons. The topological polar surface area (TPSA) is 0 Å². The van der Waals surface area contributed by atoms with Crippen molar-refractivity contribution in [3.05, 3.63) is 30.2 Å². The van der Waals surface area contributed by atoms with E-state index in [0.717, 1.165) is 6.42 Å². The lowest BCUT2D eigenvalue weighted by Crippen LogP contribution is -1.97. The summed E-state index contributed by atoms with van der Waals surface area (Å²) in [5, 5.41) is 0. The van der Waals surface area contributed by atoms with Crippen molar-refractivity contribution >= 4 is 0 Å². The van der Waals surface area contributed by atoms with Crippen LogP contribution in [0.3, 0.4) is 0 Å². The first-order valence-electron chi connectivity index (χ1n) is 4.76. The van der Waals surface area contributed by atoms with E-state index < -0.39 is 0 Å². The molecular weight excluding hydrogens is 144 g/mol. The molecule has 1 unspecified atom stereocenters. The Morgan fingerprint density at radius 3 is 2.42 bits per heavy atom. The zero-order valence-electron chi connectivity index (χ0n) is 8.80. The Bertz CT molecular complexity index is 142. The van der Waals surface area contributed by atoms with E-state index in [0.29, 0.717) is 5.92 Å². The highest BCUT2D eigenvalue weighted by atomic mass is 14.1. The predicted octanol–water partition coefficient (Wildman–Crippen LogP) is 4.15. The monoisotopic (exact) mass is 165 g/mol. The smallest absolute Gasteiger partial charge is 0.0229 e. The van der Waals surface area contributed by atoms with Crippen molar-refractivity contribution < 1.29 is 0 Å². The zero-order valence-corrected chi connectivity index (χ0v) is 8.80. The quantitative estimate of drug-likeness (QED) is 0.537. The Kier molecular flexibility index (Phi) is 6.84. The van der Waals surface area contributed by atoms with Gasteiger partial charge < -0.3 is 0 Å². The van der Waals surface area contributed by atoms with E-state index in [1.807, 2.05) is 0 Å². The van der Waals surface area contributed by atoms with Crippen LogP contribution in [0.2, 0.25) is 0 Å². The van der Waals surface area contributed by atoms with Gasteiger partial charge in [-0.25, -0.2) is 0 Å². The van der Waals surface area contributed by atoms with Gasteiger partial charge in [-0.05, 0) is 38.5 Å². The van der Waals surface area contributed by atoms with Crippen LogP contribution >= 0.6 is 0 Å². The van der Waals surface area contributed by atoms with Crippen molar-refractivity contribution in [3.63, 3.8) is 0 Å². The van der Waals surface area contributed by atoms with Gasteiger partial charge in [0.2, 0.25) is 0 Å². The molecule has 0 bridgehead atoms. The van der Waals surface area contributed by atoms with Gasteiger partial charge in [0.25, 0.3) is 0 Å². The second-order valence-corrected chi connectivity index (χ2v) is 3.44. The summed E-state index contributed by atoms with van der Waals surface area (Å²) < 4.78 is 0. The summed E-state index contributed by atoms with van der Waals surface area (Å²) in [6.07, 6.45) is 11.1. The van der Waals surface area contributed by atoms with Crippen molar-refractivity contribution in [3.8, 4) is 0 Å². The molecular formula is C12H21. The van der Waals surface area contributed by atoms with Crippen LogP contribution < -0.4 is 0 Å². The van der Waals surface area contributed by atoms with Crippen LogP contribution in [-0.4, -0.2) is 0 Å². The minimum absolute atomic E-state index is 0.695. The molecule has 0 saturated carbocycles. The maximum absolute atomic E-state index is 2.26. The fourth-order valence-corrected chi connectivity index (χ4v) is 1.35. The molecule has 0 saturated heterocycles. The first-order chi connectivity index (χ1) is 5.70. The van der Waals surface area contributed by atoms with E-state index in [4.69, 9.17) is 0 Å². The minimum atomic E-state index is 0.695. The first kappa shape index (κ1) is 11.5. The van der Waals surface area contributed by atoms with E-state index in [2.05, 4.69) is 52.0 Å². The highest BCUT2D eigenvalue weighted by molar-refractivity contribution is 4.98. The number of hydrogen-bond donors (Lipinski definition) is 0. The summed E-state index contributed by atoms with van der Waals surface area (Å²) in [6, 6.07) is 0. The molecule has 0 rings (SSSR count). The fourth-order valence-electron chi connectivity index (χ4n) is 1.35. The van der Waals surface area contributed by atoms with E-state index >= 15 is 0 Å². The summed E-state index contributed by atoms with van der Waals surface area (Å²) >= 11 is 0. The molecule has 0 spiro atoms. The van der Waals surface area contributed by atoms with E-state index in [1.165, 1.54) is 6.42 Å². The Morgan fingerprint density at radius 1 is 1.25 bits per heavy atom. The summed E-state index contributed by atoms with van der Waals surface area (Å²) in [4.78, 5) is 0. The molecule has 0 amide bonds. The lowest BCUT2D eigenvalue weighted by Gasteiger charge is -2.11. The third-order valence-electron chi connectivity index (χ3n) is 1.89. The van der Waals surface area contributed by atoms with Gasteiger partial charge in [-0.2, -0.15) is 0 Å². The molecule has 69 valence electrons. The molecule has 1 atom stereocenters. The van der Waals surface area contributed by atoms with Crippen molar-refractivity contribution in [1.82, 2.24) is 0 Å². The van der Waals surface area contributed by atoms with Crippen LogP contribution in [0.25, 0.3) is 0 Å². The molecule has 0 fully saturated rings. The molecule has 0 aliphatic carbocycles. The van der Waals surface area contributed by atoms with E-state index in [9.17, 15) is 0 Å². The Labute approximate surface area is 77.4 Å². The lowest BCUT2D eigenvalue weighted by molar-refractivity contribution is 0.644. The van der Waals surface area contributed by atoms with Gasteiger partial charge in [0.1, 0.15) is 0 Å². The Balaban J connectivity index is 3.60. The summed E-state index contributed by atoms with van der Waals surface area (Å²) in [5.41, 5.74) is 0. The largest absolute Gasteiger partial charge is 0.0916 e. The maximum atomic E-state index is 2.26. The van der Waals surface area contributed by atoms with E-state index in [-0.39, 0.29) is 0 Å². The molecule has 0 nitrogen and oxygen atoms in total. The van der Waals surface area contributed by atoms with E-state index in [1.54, 1.807) is 5.92 Å². The molecule has 0 heteroatoms. The number of allylic oxidation sites excluding steroid dienone is 4. The Morgan fingerprint density at radius 2 is 1.92 bits per heavy atom. The van der Waals surface area contributed by atoms with Crippen LogP contribution in [0.5, 0.6) is 0 Å². The van der Waals surface area contributed by atoms with Crippen LogP contribution in [0.15, 0.2) is 24.3 Å². The number of rotatable bonds is 5. The molecule has 0 aromatic carbocycles. The van der Waals surface area contributed by atoms with Crippen LogP contribution in [-0.2, 0) is 0 Å².